The Morgan fingerprint density at radius 2 is 2.06 bits per heavy atom. The van der Waals surface area contributed by atoms with Gasteiger partial charge in [-0.2, -0.15) is 0 Å². The summed E-state index contributed by atoms with van der Waals surface area (Å²) in [5, 5.41) is 11.9. The van der Waals surface area contributed by atoms with Crippen molar-refractivity contribution in [1.82, 2.24) is 9.97 Å². The lowest BCUT2D eigenvalue weighted by molar-refractivity contribution is 0.283. The van der Waals surface area contributed by atoms with Gasteiger partial charge < -0.3 is 15.2 Å². The van der Waals surface area contributed by atoms with Crippen molar-refractivity contribution in [3.05, 3.63) is 12.4 Å². The molecule has 102 valence electrons. The molecule has 1 aromatic heterocycles. The second-order valence-corrected chi connectivity index (χ2v) is 4.15. The van der Waals surface area contributed by atoms with Crippen LogP contribution >= 0.6 is 0 Å². The molecule has 0 bridgehead atoms. The van der Waals surface area contributed by atoms with Crippen molar-refractivity contribution in [2.24, 2.45) is 0 Å². The lowest BCUT2D eigenvalue weighted by Gasteiger charge is -2.07. The molecular weight excluding hydrogens is 230 g/mol. The molecule has 5 heteroatoms. The van der Waals surface area contributed by atoms with Crippen molar-refractivity contribution < 1.29 is 9.84 Å². The first kappa shape index (κ1) is 14.7. The van der Waals surface area contributed by atoms with Gasteiger partial charge in [-0.15, -0.1) is 0 Å². The zero-order valence-electron chi connectivity index (χ0n) is 11.1. The first-order chi connectivity index (χ1) is 8.86. The van der Waals surface area contributed by atoms with Crippen molar-refractivity contribution in [1.29, 1.82) is 0 Å². The van der Waals surface area contributed by atoms with Crippen LogP contribution < -0.4 is 10.1 Å². The number of nitrogens with zero attached hydrogens (tertiary/aromatic N) is 2. The SMILES string of the molecule is CCCOc1cc(NCCCCCCO)ncn1. The van der Waals surface area contributed by atoms with Crippen LogP contribution in [0, 0.1) is 0 Å². The first-order valence-corrected chi connectivity index (χ1v) is 6.66. The van der Waals surface area contributed by atoms with E-state index < -0.39 is 0 Å². The number of hydrogen-bond donors (Lipinski definition) is 2. The average molecular weight is 253 g/mol. The van der Waals surface area contributed by atoms with Crippen molar-refractivity contribution in [3.8, 4) is 5.88 Å². The predicted octanol–water partition coefficient (Wildman–Crippen LogP) is 2.23. The van der Waals surface area contributed by atoms with E-state index >= 15 is 0 Å². The van der Waals surface area contributed by atoms with Crippen LogP contribution in [0.2, 0.25) is 0 Å². The Morgan fingerprint density at radius 3 is 2.83 bits per heavy atom. The van der Waals surface area contributed by atoms with E-state index in [9.17, 15) is 0 Å². The summed E-state index contributed by atoms with van der Waals surface area (Å²) in [7, 11) is 0. The minimum absolute atomic E-state index is 0.289. The zero-order valence-corrected chi connectivity index (χ0v) is 11.1. The molecule has 0 amide bonds. The molecule has 0 radical (unpaired) electrons. The van der Waals surface area contributed by atoms with Gasteiger partial charge in [-0.3, -0.25) is 0 Å². The lowest BCUT2D eigenvalue weighted by atomic mass is 10.2. The van der Waals surface area contributed by atoms with Gasteiger partial charge in [-0.05, 0) is 19.3 Å². The van der Waals surface area contributed by atoms with Gasteiger partial charge >= 0.3 is 0 Å². The number of aromatic nitrogens is 2. The maximum atomic E-state index is 8.66. The highest BCUT2D eigenvalue weighted by atomic mass is 16.5. The van der Waals surface area contributed by atoms with E-state index in [1.54, 1.807) is 0 Å². The molecule has 0 saturated carbocycles. The third-order valence-electron chi connectivity index (χ3n) is 2.49. The van der Waals surface area contributed by atoms with Gasteiger partial charge in [0.2, 0.25) is 5.88 Å². The molecular formula is C13H23N3O2. The second-order valence-electron chi connectivity index (χ2n) is 4.15. The van der Waals surface area contributed by atoms with E-state index in [-0.39, 0.29) is 6.61 Å². The smallest absolute Gasteiger partial charge is 0.218 e. The Morgan fingerprint density at radius 1 is 1.22 bits per heavy atom. The molecule has 0 fully saturated rings. The number of aliphatic hydroxyl groups excluding tert-OH is 1. The molecule has 0 aliphatic heterocycles. The van der Waals surface area contributed by atoms with Crippen molar-refractivity contribution >= 4 is 5.82 Å². The molecule has 2 N–H and O–H groups in total. The first-order valence-electron chi connectivity index (χ1n) is 6.66. The molecule has 0 aliphatic rings. The van der Waals surface area contributed by atoms with Crippen molar-refractivity contribution in [3.63, 3.8) is 0 Å². The van der Waals surface area contributed by atoms with Crippen LogP contribution in [0.25, 0.3) is 0 Å². The van der Waals surface area contributed by atoms with Crippen molar-refractivity contribution in [2.75, 3.05) is 25.1 Å². The molecule has 0 aliphatic carbocycles. The quantitative estimate of drug-likeness (QED) is 0.626. The third kappa shape index (κ3) is 6.39. The number of unbranched alkanes of at least 4 members (excludes halogenated alkanes) is 3. The summed E-state index contributed by atoms with van der Waals surface area (Å²) in [6, 6.07) is 1.82. The van der Waals surface area contributed by atoms with E-state index in [4.69, 9.17) is 9.84 Å². The zero-order chi connectivity index (χ0) is 13.1. The molecule has 0 aromatic carbocycles. The normalized spacial score (nSPS) is 10.3. The molecule has 0 spiro atoms. The van der Waals surface area contributed by atoms with E-state index in [2.05, 4.69) is 22.2 Å². The van der Waals surface area contributed by atoms with Gasteiger partial charge in [0.25, 0.3) is 0 Å². The Labute approximate surface area is 109 Å². The van der Waals surface area contributed by atoms with Crippen LogP contribution in [0.1, 0.15) is 39.0 Å². The Kier molecular flexibility index (Phi) is 7.88. The van der Waals surface area contributed by atoms with Gasteiger partial charge in [0, 0.05) is 19.2 Å². The van der Waals surface area contributed by atoms with E-state index in [1.807, 2.05) is 6.07 Å². The summed E-state index contributed by atoms with van der Waals surface area (Å²) in [6.07, 6.45) is 6.65. The summed E-state index contributed by atoms with van der Waals surface area (Å²) >= 11 is 0. The molecule has 18 heavy (non-hydrogen) atoms. The Bertz CT molecular complexity index is 321. The molecule has 1 aromatic rings. The highest BCUT2D eigenvalue weighted by molar-refractivity contribution is 5.36. The molecule has 1 heterocycles. The maximum Gasteiger partial charge on any atom is 0.218 e. The summed E-state index contributed by atoms with van der Waals surface area (Å²) in [5.41, 5.74) is 0. The summed E-state index contributed by atoms with van der Waals surface area (Å²) < 4.78 is 5.44. The monoisotopic (exact) mass is 253 g/mol. The largest absolute Gasteiger partial charge is 0.478 e. The topological polar surface area (TPSA) is 67.3 Å². The summed E-state index contributed by atoms with van der Waals surface area (Å²) in [5.74, 6) is 1.42. The predicted molar refractivity (Wildman–Crippen MR) is 71.9 cm³/mol. The minimum Gasteiger partial charge on any atom is -0.478 e. The van der Waals surface area contributed by atoms with Crippen LogP contribution in [0.5, 0.6) is 5.88 Å². The van der Waals surface area contributed by atoms with E-state index in [0.717, 1.165) is 44.5 Å². The molecule has 0 unspecified atom stereocenters. The standard InChI is InChI=1S/C13H23N3O2/c1-2-9-18-13-10-12(15-11-16-13)14-7-5-3-4-6-8-17/h10-11,17H,2-9H2,1H3,(H,14,15,16). The van der Waals surface area contributed by atoms with Gasteiger partial charge in [0.15, 0.2) is 0 Å². The second kappa shape index (κ2) is 9.65. The minimum atomic E-state index is 0.289. The molecule has 0 atom stereocenters. The third-order valence-corrected chi connectivity index (χ3v) is 2.49. The number of ether oxygens (including phenoxy) is 1. The fourth-order valence-corrected chi connectivity index (χ4v) is 1.53. The van der Waals surface area contributed by atoms with E-state index in [0.29, 0.717) is 12.5 Å². The van der Waals surface area contributed by atoms with Gasteiger partial charge in [-0.1, -0.05) is 19.8 Å². The molecule has 1 rings (SSSR count). The number of nitrogens with one attached hydrogen (secondary N) is 1. The number of rotatable bonds is 10. The molecule has 0 saturated heterocycles. The Balaban J connectivity index is 2.20. The van der Waals surface area contributed by atoms with Crippen LogP contribution in [0.4, 0.5) is 5.82 Å². The Hall–Kier alpha value is -1.36. The van der Waals surface area contributed by atoms with Crippen LogP contribution in [0.3, 0.4) is 0 Å². The molecule has 5 nitrogen and oxygen atoms in total. The number of hydrogen-bond acceptors (Lipinski definition) is 5. The lowest BCUT2D eigenvalue weighted by Crippen LogP contribution is -2.05. The highest BCUT2D eigenvalue weighted by Gasteiger charge is 1.98. The van der Waals surface area contributed by atoms with Gasteiger partial charge in [0.1, 0.15) is 12.1 Å². The number of aliphatic hydroxyl groups is 1. The van der Waals surface area contributed by atoms with Crippen LogP contribution in [0.15, 0.2) is 12.4 Å². The highest BCUT2D eigenvalue weighted by Crippen LogP contribution is 2.11. The van der Waals surface area contributed by atoms with Gasteiger partial charge in [-0.25, -0.2) is 9.97 Å². The fraction of sp³-hybridized carbons (Fsp3) is 0.692. The van der Waals surface area contributed by atoms with Crippen LogP contribution in [-0.4, -0.2) is 34.8 Å². The summed E-state index contributed by atoms with van der Waals surface area (Å²) in [4.78, 5) is 8.18. The van der Waals surface area contributed by atoms with E-state index in [1.165, 1.54) is 6.33 Å². The average Bonchev–Trinajstić information content (AvgIpc) is 2.41. The van der Waals surface area contributed by atoms with Crippen LogP contribution in [-0.2, 0) is 0 Å². The van der Waals surface area contributed by atoms with Gasteiger partial charge in [0.05, 0.1) is 6.61 Å². The fourth-order valence-electron chi connectivity index (χ4n) is 1.53. The number of anilines is 1. The van der Waals surface area contributed by atoms with Crippen molar-refractivity contribution in [2.45, 2.75) is 39.0 Å². The summed E-state index contributed by atoms with van der Waals surface area (Å²) in [6.45, 7) is 3.91. The maximum absolute atomic E-state index is 8.66.